The Bertz CT molecular complexity index is 836. The first-order valence-electron chi connectivity index (χ1n) is 6.57. The summed E-state index contributed by atoms with van der Waals surface area (Å²) in [6.07, 6.45) is 0. The molecule has 0 saturated carbocycles. The van der Waals surface area contributed by atoms with E-state index in [0.717, 1.165) is 26.6 Å². The van der Waals surface area contributed by atoms with Gasteiger partial charge in [-0.15, -0.1) is 0 Å². The summed E-state index contributed by atoms with van der Waals surface area (Å²) in [7, 11) is 1.60. The van der Waals surface area contributed by atoms with Crippen LogP contribution in [0.4, 0.5) is 0 Å². The highest BCUT2D eigenvalue weighted by molar-refractivity contribution is 9.10. The number of fused-ring (bicyclic) bond motifs is 1. The third kappa shape index (κ3) is 2.36. The second-order valence-corrected chi connectivity index (χ2v) is 5.70. The number of aromatic amines is 1. The number of methoxy groups -OCH3 is 1. The number of hydrogen-bond acceptors (Lipinski definition) is 2. The summed E-state index contributed by atoms with van der Waals surface area (Å²) in [4.78, 5) is 16.1. The molecule has 0 unspecified atom stereocenters. The van der Waals surface area contributed by atoms with Crippen LogP contribution in [-0.4, -0.2) is 17.9 Å². The average molecular weight is 344 g/mol. The monoisotopic (exact) mass is 343 g/mol. The van der Waals surface area contributed by atoms with Crippen LogP contribution in [0.2, 0.25) is 0 Å². The van der Waals surface area contributed by atoms with Gasteiger partial charge in [0.1, 0.15) is 5.75 Å². The van der Waals surface area contributed by atoms with Gasteiger partial charge < -0.3 is 9.72 Å². The van der Waals surface area contributed by atoms with Crippen LogP contribution in [-0.2, 0) is 0 Å². The van der Waals surface area contributed by atoms with Crippen molar-refractivity contribution in [3.05, 3.63) is 63.8 Å². The Labute approximate surface area is 131 Å². The average Bonchev–Trinajstić information content (AvgIpc) is 2.82. The first kappa shape index (κ1) is 13.9. The van der Waals surface area contributed by atoms with Crippen molar-refractivity contribution in [2.24, 2.45) is 0 Å². The van der Waals surface area contributed by atoms with Gasteiger partial charge in [-0.1, -0.05) is 18.2 Å². The molecule has 3 rings (SSSR count). The fourth-order valence-electron chi connectivity index (χ4n) is 2.52. The van der Waals surface area contributed by atoms with Crippen molar-refractivity contribution in [2.75, 3.05) is 7.11 Å². The third-order valence-electron chi connectivity index (χ3n) is 3.53. The molecule has 1 aromatic heterocycles. The van der Waals surface area contributed by atoms with Crippen molar-refractivity contribution in [1.29, 1.82) is 0 Å². The number of ether oxygens (including phenoxy) is 1. The zero-order chi connectivity index (χ0) is 15.0. The molecule has 1 N–H and O–H groups in total. The number of para-hydroxylation sites is 1. The number of ketones is 1. The van der Waals surface area contributed by atoms with Crippen LogP contribution in [0.3, 0.4) is 0 Å². The van der Waals surface area contributed by atoms with Gasteiger partial charge in [0.05, 0.1) is 17.1 Å². The SMILES string of the molecule is COc1ccc(C(=O)c2c(C)[nH]c3ccccc23)cc1Br. The lowest BCUT2D eigenvalue weighted by Gasteiger charge is -2.06. The summed E-state index contributed by atoms with van der Waals surface area (Å²) in [5.41, 5.74) is 3.22. The predicted molar refractivity (Wildman–Crippen MR) is 87.2 cm³/mol. The van der Waals surface area contributed by atoms with Crippen LogP contribution in [0.5, 0.6) is 5.75 Å². The van der Waals surface area contributed by atoms with Crippen molar-refractivity contribution < 1.29 is 9.53 Å². The topological polar surface area (TPSA) is 42.1 Å². The largest absolute Gasteiger partial charge is 0.496 e. The summed E-state index contributed by atoms with van der Waals surface area (Å²) in [5, 5.41) is 0.951. The lowest BCUT2D eigenvalue weighted by atomic mass is 10.0. The predicted octanol–water partition coefficient (Wildman–Crippen LogP) is 4.48. The van der Waals surface area contributed by atoms with E-state index >= 15 is 0 Å². The van der Waals surface area contributed by atoms with Crippen LogP contribution >= 0.6 is 15.9 Å². The number of H-pyrrole nitrogens is 1. The highest BCUT2D eigenvalue weighted by Gasteiger charge is 2.18. The van der Waals surface area contributed by atoms with Crippen molar-refractivity contribution >= 4 is 32.6 Å². The van der Waals surface area contributed by atoms with Gasteiger partial charge in [0.25, 0.3) is 0 Å². The molecular formula is C17H14BrNO2. The number of halogens is 1. The number of carbonyl (C=O) groups excluding carboxylic acids is 1. The molecule has 21 heavy (non-hydrogen) atoms. The normalized spacial score (nSPS) is 10.8. The molecule has 0 fully saturated rings. The number of benzene rings is 2. The van der Waals surface area contributed by atoms with Crippen LogP contribution in [0, 0.1) is 6.92 Å². The maximum absolute atomic E-state index is 12.8. The summed E-state index contributed by atoms with van der Waals surface area (Å²) in [6.45, 7) is 1.92. The van der Waals surface area contributed by atoms with E-state index in [-0.39, 0.29) is 5.78 Å². The van der Waals surface area contributed by atoms with E-state index in [1.54, 1.807) is 25.3 Å². The lowest BCUT2D eigenvalue weighted by Crippen LogP contribution is -2.03. The maximum Gasteiger partial charge on any atom is 0.195 e. The maximum atomic E-state index is 12.8. The summed E-state index contributed by atoms with van der Waals surface area (Å²) < 4.78 is 5.97. The van der Waals surface area contributed by atoms with E-state index in [1.165, 1.54) is 0 Å². The quantitative estimate of drug-likeness (QED) is 0.712. The number of aryl methyl sites for hydroxylation is 1. The van der Waals surface area contributed by atoms with Gasteiger partial charge in [-0.25, -0.2) is 0 Å². The van der Waals surface area contributed by atoms with Gasteiger partial charge >= 0.3 is 0 Å². The van der Waals surface area contributed by atoms with E-state index in [4.69, 9.17) is 4.74 Å². The lowest BCUT2D eigenvalue weighted by molar-refractivity contribution is 0.103. The molecular weight excluding hydrogens is 330 g/mol. The molecule has 0 amide bonds. The van der Waals surface area contributed by atoms with E-state index in [1.807, 2.05) is 31.2 Å². The Morgan fingerprint density at radius 2 is 1.95 bits per heavy atom. The molecule has 0 atom stereocenters. The van der Waals surface area contributed by atoms with Crippen molar-refractivity contribution in [1.82, 2.24) is 4.98 Å². The molecule has 0 aliphatic heterocycles. The standard InChI is InChI=1S/C17H14BrNO2/c1-10-16(12-5-3-4-6-14(12)19-10)17(20)11-7-8-15(21-2)13(18)9-11/h3-9,19H,1-2H3. The fraction of sp³-hybridized carbons (Fsp3) is 0.118. The van der Waals surface area contributed by atoms with Gasteiger partial charge in [0.2, 0.25) is 0 Å². The number of rotatable bonds is 3. The molecule has 4 heteroatoms. The molecule has 106 valence electrons. The second kappa shape index (κ2) is 5.37. The molecule has 0 aliphatic rings. The van der Waals surface area contributed by atoms with E-state index < -0.39 is 0 Å². The van der Waals surface area contributed by atoms with Crippen molar-refractivity contribution in [3.8, 4) is 5.75 Å². The molecule has 0 radical (unpaired) electrons. The minimum atomic E-state index is 0.00769. The minimum Gasteiger partial charge on any atom is -0.496 e. The van der Waals surface area contributed by atoms with Gasteiger partial charge in [-0.2, -0.15) is 0 Å². The van der Waals surface area contributed by atoms with Crippen molar-refractivity contribution in [3.63, 3.8) is 0 Å². The van der Waals surface area contributed by atoms with Gasteiger partial charge in [0.15, 0.2) is 5.78 Å². The first-order valence-corrected chi connectivity index (χ1v) is 7.36. The molecule has 3 nitrogen and oxygen atoms in total. The van der Waals surface area contributed by atoms with Crippen LogP contribution in [0.25, 0.3) is 10.9 Å². The molecule has 1 heterocycles. The Balaban J connectivity index is 2.12. The molecule has 0 bridgehead atoms. The van der Waals surface area contributed by atoms with Gasteiger partial charge in [-0.3, -0.25) is 4.79 Å². The number of aromatic nitrogens is 1. The molecule has 0 aliphatic carbocycles. The van der Waals surface area contributed by atoms with Crippen LogP contribution in [0.1, 0.15) is 21.6 Å². The van der Waals surface area contributed by atoms with E-state index in [9.17, 15) is 4.79 Å². The zero-order valence-corrected chi connectivity index (χ0v) is 13.3. The van der Waals surface area contributed by atoms with Gasteiger partial charge in [-0.05, 0) is 47.1 Å². The van der Waals surface area contributed by atoms with Crippen LogP contribution < -0.4 is 4.74 Å². The fourth-order valence-corrected chi connectivity index (χ4v) is 3.06. The molecule has 0 spiro atoms. The highest BCUT2D eigenvalue weighted by Crippen LogP contribution is 2.29. The smallest absolute Gasteiger partial charge is 0.195 e. The first-order chi connectivity index (χ1) is 10.1. The zero-order valence-electron chi connectivity index (χ0n) is 11.7. The molecule has 2 aromatic carbocycles. The summed E-state index contributed by atoms with van der Waals surface area (Å²) in [5.74, 6) is 0.718. The highest BCUT2D eigenvalue weighted by atomic mass is 79.9. The minimum absolute atomic E-state index is 0.00769. The number of hydrogen-bond donors (Lipinski definition) is 1. The molecule has 3 aromatic rings. The Morgan fingerprint density at radius 3 is 2.67 bits per heavy atom. The summed E-state index contributed by atoms with van der Waals surface area (Å²) >= 11 is 3.42. The van der Waals surface area contributed by atoms with E-state index in [2.05, 4.69) is 20.9 Å². The number of nitrogens with one attached hydrogen (secondary N) is 1. The van der Waals surface area contributed by atoms with Gasteiger partial charge in [0, 0.05) is 22.2 Å². The Kier molecular flexibility index (Phi) is 3.55. The third-order valence-corrected chi connectivity index (χ3v) is 4.15. The number of carbonyl (C=O) groups is 1. The van der Waals surface area contributed by atoms with E-state index in [0.29, 0.717) is 11.3 Å². The van der Waals surface area contributed by atoms with Crippen LogP contribution in [0.15, 0.2) is 46.9 Å². The Morgan fingerprint density at radius 1 is 1.19 bits per heavy atom. The Hall–Kier alpha value is -2.07. The van der Waals surface area contributed by atoms with Crippen molar-refractivity contribution in [2.45, 2.75) is 6.92 Å². The summed E-state index contributed by atoms with van der Waals surface area (Å²) in [6, 6.07) is 13.2. The second-order valence-electron chi connectivity index (χ2n) is 4.85. The molecule has 0 saturated heterocycles.